The Bertz CT molecular complexity index is 512. The van der Waals surface area contributed by atoms with Crippen molar-refractivity contribution in [3.05, 3.63) is 29.8 Å². The molecule has 1 aromatic carbocycles. The van der Waals surface area contributed by atoms with Crippen molar-refractivity contribution in [2.24, 2.45) is 5.73 Å². The number of anilines is 1. The number of cyclic esters (lactones) is 1. The number of carbonyl (C=O) groups is 3. The van der Waals surface area contributed by atoms with Gasteiger partial charge in [-0.05, 0) is 24.3 Å². The summed E-state index contributed by atoms with van der Waals surface area (Å²) in [6.45, 7) is 0.655. The minimum absolute atomic E-state index is 0.0591. The summed E-state index contributed by atoms with van der Waals surface area (Å²) < 4.78 is 4.71. The zero-order chi connectivity index (χ0) is 13.8. The molecule has 0 atom stereocenters. The maximum absolute atomic E-state index is 11.7. The number of hydrogen-bond acceptors (Lipinski definition) is 4. The maximum Gasteiger partial charge on any atom is 0.410 e. The van der Waals surface area contributed by atoms with Gasteiger partial charge in [-0.3, -0.25) is 14.5 Å². The summed E-state index contributed by atoms with van der Waals surface area (Å²) in [7, 11) is 0. The fourth-order valence-electron chi connectivity index (χ4n) is 1.66. The standard InChI is InChI=1S/C12H13N3O4/c13-11(17)8-1-3-9(4-2-8)14-10(16)7-15-5-6-19-12(15)18/h1-4H,5-7H2,(H2,13,17)(H,14,16). The molecule has 0 bridgehead atoms. The molecule has 1 fully saturated rings. The van der Waals surface area contributed by atoms with Crippen molar-refractivity contribution < 1.29 is 19.1 Å². The van der Waals surface area contributed by atoms with Crippen LogP contribution in [0.15, 0.2) is 24.3 Å². The van der Waals surface area contributed by atoms with Gasteiger partial charge in [0.2, 0.25) is 11.8 Å². The van der Waals surface area contributed by atoms with Crippen LogP contribution in [0.4, 0.5) is 10.5 Å². The second-order valence-corrected chi connectivity index (χ2v) is 4.03. The molecule has 1 aromatic rings. The van der Waals surface area contributed by atoms with Gasteiger partial charge >= 0.3 is 6.09 Å². The van der Waals surface area contributed by atoms with E-state index in [1.807, 2.05) is 0 Å². The highest BCUT2D eigenvalue weighted by Crippen LogP contribution is 2.10. The Morgan fingerprint density at radius 2 is 2.00 bits per heavy atom. The van der Waals surface area contributed by atoms with Crippen LogP contribution in [0.25, 0.3) is 0 Å². The Morgan fingerprint density at radius 3 is 2.53 bits per heavy atom. The number of rotatable bonds is 4. The average Bonchev–Trinajstić information content (AvgIpc) is 2.75. The summed E-state index contributed by atoms with van der Waals surface area (Å²) in [5.74, 6) is -0.858. The Morgan fingerprint density at radius 1 is 1.32 bits per heavy atom. The van der Waals surface area contributed by atoms with Crippen LogP contribution >= 0.6 is 0 Å². The molecule has 0 aliphatic carbocycles. The van der Waals surface area contributed by atoms with Crippen LogP contribution in [-0.4, -0.2) is 42.5 Å². The van der Waals surface area contributed by atoms with E-state index in [2.05, 4.69) is 5.32 Å². The van der Waals surface area contributed by atoms with Crippen LogP contribution in [0.2, 0.25) is 0 Å². The minimum Gasteiger partial charge on any atom is -0.448 e. The molecule has 3 amide bonds. The lowest BCUT2D eigenvalue weighted by Gasteiger charge is -2.12. The highest BCUT2D eigenvalue weighted by molar-refractivity contribution is 5.96. The van der Waals surface area contributed by atoms with Crippen molar-refractivity contribution in [1.29, 1.82) is 0 Å². The summed E-state index contributed by atoms with van der Waals surface area (Å²) in [5, 5.41) is 2.62. The monoisotopic (exact) mass is 263 g/mol. The Hall–Kier alpha value is -2.57. The lowest BCUT2D eigenvalue weighted by Crippen LogP contribution is -2.33. The van der Waals surface area contributed by atoms with E-state index in [9.17, 15) is 14.4 Å². The van der Waals surface area contributed by atoms with Crippen molar-refractivity contribution in [2.75, 3.05) is 25.0 Å². The topological polar surface area (TPSA) is 102 Å². The zero-order valence-corrected chi connectivity index (χ0v) is 10.1. The number of primary amides is 1. The smallest absolute Gasteiger partial charge is 0.410 e. The van der Waals surface area contributed by atoms with Crippen molar-refractivity contribution in [3.8, 4) is 0 Å². The van der Waals surface area contributed by atoms with Gasteiger partial charge in [0, 0.05) is 11.3 Å². The molecule has 1 heterocycles. The summed E-state index contributed by atoms with van der Waals surface area (Å²) in [5.41, 5.74) is 6.00. The first-order valence-corrected chi connectivity index (χ1v) is 5.67. The number of nitrogens with one attached hydrogen (secondary N) is 1. The van der Waals surface area contributed by atoms with Gasteiger partial charge in [0.1, 0.15) is 13.2 Å². The number of ether oxygens (including phenoxy) is 1. The molecule has 7 heteroatoms. The van der Waals surface area contributed by atoms with E-state index in [-0.39, 0.29) is 12.5 Å². The number of nitrogens with zero attached hydrogens (tertiary/aromatic N) is 1. The van der Waals surface area contributed by atoms with Gasteiger partial charge in [-0.15, -0.1) is 0 Å². The molecule has 7 nitrogen and oxygen atoms in total. The largest absolute Gasteiger partial charge is 0.448 e. The molecule has 0 saturated carbocycles. The molecule has 0 spiro atoms. The Labute approximate surface area is 109 Å². The van der Waals surface area contributed by atoms with Crippen LogP contribution in [-0.2, 0) is 9.53 Å². The maximum atomic E-state index is 11.7. The van der Waals surface area contributed by atoms with Crippen LogP contribution in [0.5, 0.6) is 0 Å². The highest BCUT2D eigenvalue weighted by atomic mass is 16.6. The minimum atomic E-state index is -0.530. The molecule has 1 aliphatic rings. The predicted molar refractivity (Wildman–Crippen MR) is 66.5 cm³/mol. The van der Waals surface area contributed by atoms with Crippen molar-refractivity contribution in [3.63, 3.8) is 0 Å². The van der Waals surface area contributed by atoms with Gasteiger partial charge in [0.15, 0.2) is 0 Å². The Kier molecular flexibility index (Phi) is 3.65. The normalized spacial score (nSPS) is 14.1. The van der Waals surface area contributed by atoms with E-state index in [0.29, 0.717) is 24.4 Å². The van der Waals surface area contributed by atoms with Gasteiger partial charge in [0.25, 0.3) is 0 Å². The number of hydrogen-bond donors (Lipinski definition) is 2. The fourth-order valence-corrected chi connectivity index (χ4v) is 1.66. The van der Waals surface area contributed by atoms with Crippen LogP contribution in [0, 0.1) is 0 Å². The Balaban J connectivity index is 1.91. The van der Waals surface area contributed by atoms with Gasteiger partial charge in [-0.1, -0.05) is 0 Å². The lowest BCUT2D eigenvalue weighted by molar-refractivity contribution is -0.116. The summed E-state index contributed by atoms with van der Waals surface area (Å²) in [6, 6.07) is 6.17. The first-order chi connectivity index (χ1) is 9.06. The summed E-state index contributed by atoms with van der Waals surface area (Å²) >= 11 is 0. The number of nitrogens with two attached hydrogens (primary N) is 1. The van der Waals surface area contributed by atoms with Gasteiger partial charge in [-0.2, -0.15) is 0 Å². The third-order valence-electron chi connectivity index (χ3n) is 2.63. The molecule has 0 radical (unpaired) electrons. The number of carbonyl (C=O) groups excluding carboxylic acids is 3. The summed E-state index contributed by atoms with van der Waals surface area (Å²) in [6.07, 6.45) is -0.487. The van der Waals surface area contributed by atoms with E-state index < -0.39 is 12.0 Å². The van der Waals surface area contributed by atoms with Crippen molar-refractivity contribution >= 4 is 23.6 Å². The average molecular weight is 263 g/mol. The fraction of sp³-hybridized carbons (Fsp3) is 0.250. The second-order valence-electron chi connectivity index (χ2n) is 4.03. The quantitative estimate of drug-likeness (QED) is 0.808. The molecular formula is C12H13N3O4. The van der Waals surface area contributed by atoms with E-state index in [1.54, 1.807) is 12.1 Å². The first kappa shape index (κ1) is 12.9. The molecule has 0 unspecified atom stereocenters. The highest BCUT2D eigenvalue weighted by Gasteiger charge is 2.23. The molecule has 2 rings (SSSR count). The van der Waals surface area contributed by atoms with Crippen LogP contribution in [0.1, 0.15) is 10.4 Å². The van der Waals surface area contributed by atoms with E-state index in [0.717, 1.165) is 0 Å². The van der Waals surface area contributed by atoms with Crippen molar-refractivity contribution in [2.45, 2.75) is 0 Å². The molecule has 0 aromatic heterocycles. The van der Waals surface area contributed by atoms with Gasteiger partial charge < -0.3 is 15.8 Å². The number of amides is 3. The van der Waals surface area contributed by atoms with Crippen molar-refractivity contribution in [1.82, 2.24) is 4.90 Å². The zero-order valence-electron chi connectivity index (χ0n) is 10.1. The third kappa shape index (κ3) is 3.21. The van der Waals surface area contributed by atoms with Gasteiger partial charge in [-0.25, -0.2) is 4.79 Å². The van der Waals surface area contributed by atoms with Crippen LogP contribution < -0.4 is 11.1 Å². The molecule has 1 aliphatic heterocycles. The lowest BCUT2D eigenvalue weighted by atomic mass is 10.2. The molecular weight excluding hydrogens is 250 g/mol. The first-order valence-electron chi connectivity index (χ1n) is 5.67. The molecule has 1 saturated heterocycles. The second kappa shape index (κ2) is 5.38. The molecule has 3 N–H and O–H groups in total. The summed E-state index contributed by atoms with van der Waals surface area (Å²) in [4.78, 5) is 35.0. The number of benzene rings is 1. The van der Waals surface area contributed by atoms with Gasteiger partial charge in [0.05, 0.1) is 6.54 Å². The van der Waals surface area contributed by atoms with Crippen LogP contribution in [0.3, 0.4) is 0 Å². The predicted octanol–water partition coefficient (Wildman–Crippen LogP) is 0.176. The van der Waals surface area contributed by atoms with E-state index in [1.165, 1.54) is 17.0 Å². The third-order valence-corrected chi connectivity index (χ3v) is 2.63. The molecule has 19 heavy (non-hydrogen) atoms. The van der Waals surface area contributed by atoms with E-state index >= 15 is 0 Å². The SMILES string of the molecule is NC(=O)c1ccc(NC(=O)CN2CCOC2=O)cc1. The molecule has 100 valence electrons. The van der Waals surface area contributed by atoms with E-state index in [4.69, 9.17) is 10.5 Å².